The maximum absolute atomic E-state index is 12.3. The first kappa shape index (κ1) is 17.3. The summed E-state index contributed by atoms with van der Waals surface area (Å²) in [5.41, 5.74) is 3.07. The van der Waals surface area contributed by atoms with E-state index in [1.54, 1.807) is 11.8 Å². The SMILES string of the molecule is CCSc1nnc(S[C@H](C)C(=O)Nc2cc(C)ccc2C)s1. The molecule has 1 aromatic heterocycles. The van der Waals surface area contributed by atoms with Gasteiger partial charge < -0.3 is 5.32 Å². The van der Waals surface area contributed by atoms with Gasteiger partial charge in [-0.15, -0.1) is 10.2 Å². The molecule has 7 heteroatoms. The molecular formula is C15H19N3OS3. The van der Waals surface area contributed by atoms with Crippen molar-refractivity contribution in [2.24, 2.45) is 0 Å². The minimum atomic E-state index is -0.215. The lowest BCUT2D eigenvalue weighted by molar-refractivity contribution is -0.115. The van der Waals surface area contributed by atoms with E-state index in [9.17, 15) is 4.79 Å². The number of thioether (sulfide) groups is 2. The van der Waals surface area contributed by atoms with Crippen molar-refractivity contribution in [3.63, 3.8) is 0 Å². The Morgan fingerprint density at radius 2 is 2.05 bits per heavy atom. The molecule has 1 aromatic carbocycles. The smallest absolute Gasteiger partial charge is 0.237 e. The Kier molecular flexibility index (Phi) is 6.28. The van der Waals surface area contributed by atoms with Gasteiger partial charge in [0.2, 0.25) is 5.91 Å². The third-order valence-corrected chi connectivity index (χ3v) is 6.08. The topological polar surface area (TPSA) is 54.9 Å². The fraction of sp³-hybridized carbons (Fsp3) is 0.400. The number of nitrogens with one attached hydrogen (secondary N) is 1. The predicted molar refractivity (Wildman–Crippen MR) is 96.2 cm³/mol. The van der Waals surface area contributed by atoms with Gasteiger partial charge in [-0.1, -0.05) is 53.9 Å². The zero-order chi connectivity index (χ0) is 16.1. The van der Waals surface area contributed by atoms with Crippen molar-refractivity contribution >= 4 is 46.5 Å². The average Bonchev–Trinajstić information content (AvgIpc) is 2.90. The second kappa shape index (κ2) is 7.99. The summed E-state index contributed by atoms with van der Waals surface area (Å²) in [6.45, 7) is 7.98. The molecule has 1 N–H and O–H groups in total. The highest BCUT2D eigenvalue weighted by Crippen LogP contribution is 2.31. The minimum Gasteiger partial charge on any atom is -0.325 e. The van der Waals surface area contributed by atoms with Gasteiger partial charge in [0.15, 0.2) is 8.68 Å². The molecule has 0 saturated heterocycles. The van der Waals surface area contributed by atoms with Crippen LogP contribution in [0.1, 0.15) is 25.0 Å². The largest absolute Gasteiger partial charge is 0.325 e. The predicted octanol–water partition coefficient (Wildman–Crippen LogP) is 4.39. The number of carbonyl (C=O) groups excluding carboxylic acids is 1. The van der Waals surface area contributed by atoms with E-state index in [0.29, 0.717) is 0 Å². The molecule has 1 amide bonds. The molecule has 2 rings (SSSR count). The van der Waals surface area contributed by atoms with E-state index in [0.717, 1.165) is 31.2 Å². The quantitative estimate of drug-likeness (QED) is 0.781. The van der Waals surface area contributed by atoms with Crippen molar-refractivity contribution in [3.05, 3.63) is 29.3 Å². The van der Waals surface area contributed by atoms with Crippen molar-refractivity contribution in [3.8, 4) is 0 Å². The first-order valence-electron chi connectivity index (χ1n) is 7.00. The van der Waals surface area contributed by atoms with Gasteiger partial charge in [-0.05, 0) is 43.7 Å². The molecule has 0 spiro atoms. The van der Waals surface area contributed by atoms with Crippen LogP contribution >= 0.6 is 34.9 Å². The van der Waals surface area contributed by atoms with E-state index < -0.39 is 0 Å². The Hall–Kier alpha value is -1.05. The molecule has 0 radical (unpaired) electrons. The Bertz CT molecular complexity index is 657. The van der Waals surface area contributed by atoms with Gasteiger partial charge in [0.05, 0.1) is 5.25 Å². The Morgan fingerprint density at radius 1 is 1.32 bits per heavy atom. The fourth-order valence-electron chi connectivity index (χ4n) is 1.74. The maximum atomic E-state index is 12.3. The molecule has 4 nitrogen and oxygen atoms in total. The van der Waals surface area contributed by atoms with Crippen LogP contribution in [0.4, 0.5) is 5.69 Å². The highest BCUT2D eigenvalue weighted by molar-refractivity contribution is 8.03. The molecule has 0 bridgehead atoms. The van der Waals surface area contributed by atoms with E-state index in [1.165, 1.54) is 23.1 Å². The lowest BCUT2D eigenvalue weighted by Crippen LogP contribution is -2.22. The van der Waals surface area contributed by atoms with Crippen molar-refractivity contribution in [1.29, 1.82) is 0 Å². The van der Waals surface area contributed by atoms with Crippen LogP contribution in [-0.4, -0.2) is 27.1 Å². The lowest BCUT2D eigenvalue weighted by atomic mass is 10.1. The summed E-state index contributed by atoms with van der Waals surface area (Å²) in [7, 11) is 0. The zero-order valence-electron chi connectivity index (χ0n) is 13.0. The number of hydrogen-bond acceptors (Lipinski definition) is 6. The molecule has 2 aromatic rings. The highest BCUT2D eigenvalue weighted by atomic mass is 32.2. The monoisotopic (exact) mass is 353 g/mol. The number of benzene rings is 1. The van der Waals surface area contributed by atoms with Crippen molar-refractivity contribution in [2.45, 2.75) is 41.6 Å². The summed E-state index contributed by atoms with van der Waals surface area (Å²) in [6, 6.07) is 6.05. The number of rotatable bonds is 6. The van der Waals surface area contributed by atoms with Crippen LogP contribution in [0, 0.1) is 13.8 Å². The number of amides is 1. The van der Waals surface area contributed by atoms with Crippen LogP contribution < -0.4 is 5.32 Å². The van der Waals surface area contributed by atoms with E-state index in [4.69, 9.17) is 0 Å². The summed E-state index contributed by atoms with van der Waals surface area (Å²) >= 11 is 4.65. The van der Waals surface area contributed by atoms with Gasteiger partial charge in [0, 0.05) is 5.69 Å². The lowest BCUT2D eigenvalue weighted by Gasteiger charge is -2.12. The zero-order valence-corrected chi connectivity index (χ0v) is 15.5. The maximum Gasteiger partial charge on any atom is 0.237 e. The molecule has 0 unspecified atom stereocenters. The highest BCUT2D eigenvalue weighted by Gasteiger charge is 2.18. The molecular weight excluding hydrogens is 334 g/mol. The van der Waals surface area contributed by atoms with Gasteiger partial charge >= 0.3 is 0 Å². The molecule has 0 saturated carbocycles. The molecule has 118 valence electrons. The van der Waals surface area contributed by atoms with Gasteiger partial charge in [0.1, 0.15) is 0 Å². The molecule has 0 aliphatic heterocycles. The van der Waals surface area contributed by atoms with Gasteiger partial charge in [-0.3, -0.25) is 4.79 Å². The minimum absolute atomic E-state index is 0.0152. The molecule has 0 aliphatic carbocycles. The normalized spacial score (nSPS) is 12.2. The number of nitrogens with zero attached hydrogens (tertiary/aromatic N) is 2. The van der Waals surface area contributed by atoms with Crippen LogP contribution in [0.3, 0.4) is 0 Å². The van der Waals surface area contributed by atoms with E-state index in [2.05, 4.69) is 22.4 Å². The summed E-state index contributed by atoms with van der Waals surface area (Å²) in [5, 5.41) is 11.0. The molecule has 1 heterocycles. The fourth-order valence-corrected chi connectivity index (χ4v) is 4.80. The molecule has 22 heavy (non-hydrogen) atoms. The summed E-state index contributed by atoms with van der Waals surface area (Å²) < 4.78 is 1.78. The summed E-state index contributed by atoms with van der Waals surface area (Å²) in [6.07, 6.45) is 0. The number of anilines is 1. The Labute approximate surface area is 143 Å². The van der Waals surface area contributed by atoms with E-state index >= 15 is 0 Å². The number of aromatic nitrogens is 2. The third-order valence-electron chi connectivity index (χ3n) is 2.95. The van der Waals surface area contributed by atoms with Crippen molar-refractivity contribution in [1.82, 2.24) is 10.2 Å². The van der Waals surface area contributed by atoms with Crippen molar-refractivity contribution in [2.75, 3.05) is 11.1 Å². The molecule has 0 fully saturated rings. The summed E-state index contributed by atoms with van der Waals surface area (Å²) in [4.78, 5) is 12.3. The average molecular weight is 354 g/mol. The van der Waals surface area contributed by atoms with Crippen LogP contribution in [0.15, 0.2) is 26.9 Å². The van der Waals surface area contributed by atoms with E-state index in [-0.39, 0.29) is 11.2 Å². The van der Waals surface area contributed by atoms with Crippen molar-refractivity contribution < 1.29 is 4.79 Å². The first-order chi connectivity index (χ1) is 10.5. The second-order valence-electron chi connectivity index (χ2n) is 4.83. The van der Waals surface area contributed by atoms with Gasteiger partial charge in [-0.2, -0.15) is 0 Å². The molecule has 0 aliphatic rings. The molecule has 1 atom stereocenters. The van der Waals surface area contributed by atoms with Crippen LogP contribution in [-0.2, 0) is 4.79 Å². The standard InChI is InChI=1S/C15H19N3OS3/c1-5-20-14-17-18-15(22-14)21-11(4)13(19)16-12-8-9(2)6-7-10(12)3/h6-8,11H,5H2,1-4H3,(H,16,19)/t11-/m1/s1. The second-order valence-corrected chi connectivity index (χ2v) is 8.91. The van der Waals surface area contributed by atoms with Crippen LogP contribution in [0.5, 0.6) is 0 Å². The van der Waals surface area contributed by atoms with E-state index in [1.807, 2.05) is 39.0 Å². The summed E-state index contributed by atoms with van der Waals surface area (Å²) in [5.74, 6) is 0.959. The van der Waals surface area contributed by atoms with Gasteiger partial charge in [0.25, 0.3) is 0 Å². The van der Waals surface area contributed by atoms with Crippen LogP contribution in [0.2, 0.25) is 0 Å². The number of carbonyl (C=O) groups is 1. The van der Waals surface area contributed by atoms with Gasteiger partial charge in [-0.25, -0.2) is 0 Å². The number of hydrogen-bond donors (Lipinski definition) is 1. The third kappa shape index (κ3) is 4.72. The van der Waals surface area contributed by atoms with Crippen LogP contribution in [0.25, 0.3) is 0 Å². The Morgan fingerprint density at radius 3 is 2.77 bits per heavy atom. The number of aryl methyl sites for hydroxylation is 2. The Balaban J connectivity index is 1.98. The first-order valence-corrected chi connectivity index (χ1v) is 9.69.